The van der Waals surface area contributed by atoms with Crippen LogP contribution in [0.15, 0.2) is 73.9 Å². The van der Waals surface area contributed by atoms with Crippen molar-refractivity contribution < 1.29 is 96.5 Å². The number of phosphoric ester groups is 1. The van der Waals surface area contributed by atoms with E-state index in [1.54, 1.807) is 0 Å². The summed E-state index contributed by atoms with van der Waals surface area (Å²) in [5.74, 6) is -2.16. The van der Waals surface area contributed by atoms with Crippen molar-refractivity contribution in [2.75, 3.05) is 44.8 Å². The number of amides is 3. The highest BCUT2D eigenvalue weighted by atomic mass is 32.2. The van der Waals surface area contributed by atoms with Gasteiger partial charge >= 0.3 is 27.4 Å². The molecule has 2 aliphatic heterocycles. The molecule has 1 saturated heterocycles. The quantitative estimate of drug-likeness (QED) is 0.0128. The van der Waals surface area contributed by atoms with E-state index in [-0.39, 0.29) is 77.2 Å². The van der Waals surface area contributed by atoms with Crippen LogP contribution >= 0.6 is 15.6 Å². The number of hydrogen-bond donors (Lipinski definition) is 12. The number of nitrogens with zero attached hydrogens (tertiary/aromatic N) is 4. The van der Waals surface area contributed by atoms with Gasteiger partial charge < -0.3 is 60.7 Å². The Morgan fingerprint density at radius 3 is 2.34 bits per heavy atom. The van der Waals surface area contributed by atoms with E-state index in [9.17, 15) is 64.2 Å². The molecule has 0 spiro atoms. The lowest BCUT2D eigenvalue weighted by Crippen LogP contribution is -2.49. The molecule has 0 saturated carbocycles. The van der Waals surface area contributed by atoms with Crippen molar-refractivity contribution in [2.45, 2.75) is 47.2 Å². The standard InChI is InChI=1S/C39H44N10O21P2S2/c1-47(36(53)19-7-4-3-6-18(19)26-20-9-11-22(40)32(73(60,61)62)29(20)68-30-21(26)10-12-23(41)33(30)74(63,64)65)15-5-8-25(50)43-13-14-44-39(54)69-31-28(51)24(16-66-72(58,59)70-71(55,56)57)67-37(31)49-17-48(2)27-34(49)45-38(42)46-35(27)52/h3-4,6-7,9-12,17,24,28,31,37,51H,5,8,13-16H2,1-2H3,(H12-,40,41,42,43,44,45,46,50,52,54,55,56,57,58,59,60,61,62,63,64,65)/p+1/t24-,28-,31-,37-/m1/s1. The van der Waals surface area contributed by atoms with Gasteiger partial charge in [0.2, 0.25) is 17.7 Å². The topological polar surface area (TPSA) is 483 Å². The zero-order chi connectivity index (χ0) is 54.4. The van der Waals surface area contributed by atoms with Gasteiger partial charge in [-0.3, -0.25) is 43.0 Å². The minimum atomic E-state index is -5.53. The maximum atomic E-state index is 14.1. The number of aromatic nitrogens is 4. The number of ether oxygens (including phenoxy) is 2. The second-order valence-corrected chi connectivity index (χ2v) is 21.8. The number of aryl methyl sites for hydroxylation is 1. The van der Waals surface area contributed by atoms with E-state index in [4.69, 9.17) is 40.6 Å². The van der Waals surface area contributed by atoms with Crippen molar-refractivity contribution in [3.05, 3.63) is 76.1 Å². The van der Waals surface area contributed by atoms with E-state index >= 15 is 0 Å². The minimum Gasteiger partial charge on any atom is -0.453 e. The number of rotatable bonds is 18. The van der Waals surface area contributed by atoms with Crippen molar-refractivity contribution in [1.29, 1.82) is 5.41 Å². The lowest BCUT2D eigenvalue weighted by Gasteiger charge is -2.22. The Bertz CT molecular complexity index is 3660. The van der Waals surface area contributed by atoms with E-state index in [0.717, 1.165) is 16.7 Å². The molecule has 4 aromatic rings. The van der Waals surface area contributed by atoms with E-state index in [1.165, 1.54) is 66.3 Å². The number of nitrogen functional groups attached to an aromatic ring is 2. The van der Waals surface area contributed by atoms with Gasteiger partial charge in [0.15, 0.2) is 33.6 Å². The molecule has 3 aliphatic rings. The van der Waals surface area contributed by atoms with E-state index in [2.05, 4.69) is 29.4 Å². The van der Waals surface area contributed by atoms with Crippen LogP contribution in [0.25, 0.3) is 44.6 Å². The number of phosphoric acid groups is 2. The zero-order valence-corrected chi connectivity index (χ0v) is 41.6. The summed E-state index contributed by atoms with van der Waals surface area (Å²) in [4.78, 5) is 86.1. The van der Waals surface area contributed by atoms with Gasteiger partial charge in [-0.15, -0.1) is 0 Å². The fraction of sp³-hybridized carbons (Fsp3) is 0.308. The molecule has 1 fully saturated rings. The predicted octanol–water partition coefficient (Wildman–Crippen LogP) is -0.548. The molecule has 2 aromatic heterocycles. The Hall–Kier alpha value is -6.71. The highest BCUT2D eigenvalue weighted by Crippen LogP contribution is 2.58. The van der Waals surface area contributed by atoms with Crippen LogP contribution in [-0.4, -0.2) is 135 Å². The summed E-state index contributed by atoms with van der Waals surface area (Å²) in [6.07, 6.45) is -6.74. The molecule has 35 heteroatoms. The predicted molar refractivity (Wildman–Crippen MR) is 250 cm³/mol. The number of fused-ring (bicyclic) bond motifs is 3. The molecule has 3 amide bonds. The monoisotopic (exact) mass is 1120 g/mol. The highest BCUT2D eigenvalue weighted by Gasteiger charge is 2.51. The first kappa shape index (κ1) is 55.0. The Balaban J connectivity index is 0.998. The molecule has 398 valence electrons. The summed E-state index contributed by atoms with van der Waals surface area (Å²) in [7, 11) is -18.5. The second kappa shape index (κ2) is 20.9. The summed E-state index contributed by atoms with van der Waals surface area (Å²) in [5.41, 5.74) is 9.67. The molecule has 74 heavy (non-hydrogen) atoms. The van der Waals surface area contributed by atoms with Crippen molar-refractivity contribution >= 4 is 87.6 Å². The lowest BCUT2D eigenvalue weighted by atomic mass is 9.90. The number of carbonyl (C=O) groups is 3. The first-order valence-corrected chi connectivity index (χ1v) is 27.1. The average molecular weight is 1120 g/mol. The number of carbonyl (C=O) groups excluding carboxylic acids is 3. The number of anilines is 2. The van der Waals surface area contributed by atoms with E-state index in [0.29, 0.717) is 0 Å². The number of aromatic amines is 1. The fourth-order valence-corrected chi connectivity index (χ4v) is 11.2. The first-order valence-electron chi connectivity index (χ1n) is 21.2. The van der Waals surface area contributed by atoms with Crippen LogP contribution in [0.3, 0.4) is 0 Å². The molecule has 0 bridgehead atoms. The third kappa shape index (κ3) is 11.8. The average Bonchev–Trinajstić information content (AvgIpc) is 3.78. The van der Waals surface area contributed by atoms with Crippen LogP contribution in [0.4, 0.5) is 16.4 Å². The maximum Gasteiger partial charge on any atom is 0.481 e. The van der Waals surface area contributed by atoms with Crippen molar-refractivity contribution in [3.8, 4) is 22.5 Å². The fourth-order valence-electron chi connectivity index (χ4n) is 8.08. The molecule has 7 rings (SSSR count). The Morgan fingerprint density at radius 1 is 0.986 bits per heavy atom. The van der Waals surface area contributed by atoms with Gasteiger partial charge in [0.1, 0.15) is 12.2 Å². The third-order valence-electron chi connectivity index (χ3n) is 11.1. The zero-order valence-electron chi connectivity index (χ0n) is 38.2. The highest BCUT2D eigenvalue weighted by molar-refractivity contribution is 7.86. The number of imidazole rings is 1. The Morgan fingerprint density at radius 2 is 1.66 bits per heavy atom. The van der Waals surface area contributed by atoms with Gasteiger partial charge in [0, 0.05) is 55.2 Å². The number of alkyl carbamates (subject to hydrolysis) is 1. The SMILES string of the molecule is CN(CCCC(=O)NCCNC(=O)O[C@@H]1[C@H](O)[C@@H](COP(=O)(O)OP(=O)(O)O)O[C@H]1[n+]1cn(C)c2c(=O)[nH]c(N)nc21)C(=O)c1ccccc1-c1c2ccc(=N)c(S(=O)(=O)O)c-2oc2c(S(=O)(=O)O)c(N)ccc12. The van der Waals surface area contributed by atoms with Crippen LogP contribution in [0.5, 0.6) is 0 Å². The van der Waals surface area contributed by atoms with E-state index in [1.807, 2.05) is 0 Å². The normalized spacial score (nSPS) is 18.1. The molecule has 31 nitrogen and oxygen atoms in total. The van der Waals surface area contributed by atoms with Crippen LogP contribution in [-0.2, 0) is 59.5 Å². The number of hydrogen-bond acceptors (Lipinski definition) is 20. The molecule has 1 aliphatic carbocycles. The number of aliphatic hydroxyl groups excluding tert-OH is 1. The molecular weight excluding hydrogens is 1070 g/mol. The van der Waals surface area contributed by atoms with Gasteiger partial charge in [-0.25, -0.2) is 18.5 Å². The number of aliphatic hydroxyl groups is 1. The summed E-state index contributed by atoms with van der Waals surface area (Å²) >= 11 is 0. The van der Waals surface area contributed by atoms with Gasteiger partial charge in [-0.1, -0.05) is 23.2 Å². The molecule has 4 heterocycles. The number of H-pyrrole nitrogens is 1. The summed E-state index contributed by atoms with van der Waals surface area (Å²) in [5, 5.41) is 23.5. The summed E-state index contributed by atoms with van der Waals surface area (Å²) < 4.78 is 122. The maximum absolute atomic E-state index is 14.1. The second-order valence-electron chi connectivity index (χ2n) is 16.3. The largest absolute Gasteiger partial charge is 0.481 e. The van der Waals surface area contributed by atoms with Crippen molar-refractivity contribution in [2.24, 2.45) is 7.05 Å². The molecule has 0 radical (unpaired) electrons. The number of nitrogens with two attached hydrogens (primary N) is 2. The molecule has 2 aromatic carbocycles. The molecule has 5 atom stereocenters. The Kier molecular flexibility index (Phi) is 15.5. The van der Waals surface area contributed by atoms with Crippen molar-refractivity contribution in [3.63, 3.8) is 0 Å². The van der Waals surface area contributed by atoms with Crippen molar-refractivity contribution in [1.82, 2.24) is 30.1 Å². The first-order chi connectivity index (χ1) is 34.5. The summed E-state index contributed by atoms with van der Waals surface area (Å²) in [6, 6.07) is 10.7. The molecule has 14 N–H and O–H groups in total. The Labute approximate surface area is 415 Å². The number of benzene rings is 3. The van der Waals surface area contributed by atoms with Crippen LogP contribution < -0.4 is 37.6 Å². The molecule has 1 unspecified atom stereocenters. The smallest absolute Gasteiger partial charge is 0.453 e. The van der Waals surface area contributed by atoms with E-state index < -0.39 is 123 Å². The van der Waals surface area contributed by atoms with Gasteiger partial charge in [-0.2, -0.15) is 21.1 Å². The summed E-state index contributed by atoms with van der Waals surface area (Å²) in [6.45, 7) is -1.50. The van der Waals surface area contributed by atoms with Crippen LogP contribution in [0.1, 0.15) is 29.4 Å². The number of nitrogens with one attached hydrogen (secondary N) is 4. The van der Waals surface area contributed by atoms with Crippen LogP contribution in [0.2, 0.25) is 0 Å². The van der Waals surface area contributed by atoms with Crippen LogP contribution in [0, 0.1) is 5.41 Å². The van der Waals surface area contributed by atoms with Gasteiger partial charge in [0.05, 0.1) is 24.7 Å². The minimum absolute atomic E-state index is 0.00492. The third-order valence-corrected chi connectivity index (χ3v) is 15.1. The lowest BCUT2D eigenvalue weighted by molar-refractivity contribution is -0.745. The van der Waals surface area contributed by atoms with Gasteiger partial charge in [-0.05, 0) is 42.3 Å². The molecular formula is C39H45N10O21P2S2+. The van der Waals surface area contributed by atoms with Gasteiger partial charge in [0.25, 0.3) is 37.7 Å².